The van der Waals surface area contributed by atoms with Crippen molar-refractivity contribution in [3.05, 3.63) is 22.8 Å². The maximum Gasteiger partial charge on any atom is 0.128 e. The molecule has 0 spiro atoms. The highest BCUT2D eigenvalue weighted by atomic mass is 14.9. The van der Waals surface area contributed by atoms with E-state index in [-0.39, 0.29) is 0 Å². The van der Waals surface area contributed by atoms with Crippen molar-refractivity contribution in [2.24, 2.45) is 0 Å². The molecule has 0 unspecified atom stereocenters. The van der Waals surface area contributed by atoms with E-state index in [9.17, 15) is 0 Å². The molecule has 264 valence electrons. The number of hydrogen-bond donors (Lipinski definition) is 0. The summed E-state index contributed by atoms with van der Waals surface area (Å²) < 4.78 is 0. The first kappa shape index (κ1) is 42.1. The van der Waals surface area contributed by atoms with Gasteiger partial charge in [-0.1, -0.05) is 201 Å². The number of rotatable bonds is 35. The molecular weight excluding hydrogens is 544 g/mol. The Morgan fingerprint density at radius 1 is 0.267 bits per heavy atom. The van der Waals surface area contributed by atoms with Crippen LogP contribution in [0.5, 0.6) is 0 Å². The van der Waals surface area contributed by atoms with Gasteiger partial charge in [0.2, 0.25) is 0 Å². The smallest absolute Gasteiger partial charge is 0.128 e. The number of hydrogen-bond acceptors (Lipinski definition) is 2. The minimum atomic E-state index is 1.04. The van der Waals surface area contributed by atoms with Crippen molar-refractivity contribution in [2.45, 2.75) is 252 Å². The van der Waals surface area contributed by atoms with E-state index in [2.05, 4.69) is 27.7 Å². The fourth-order valence-electron chi connectivity index (χ4n) is 7.02. The third kappa shape index (κ3) is 24.9. The quantitative estimate of drug-likeness (QED) is 0.0700. The molecule has 1 heterocycles. The predicted molar refractivity (Wildman–Crippen MR) is 203 cm³/mol. The monoisotopic (exact) mass is 627 g/mol. The van der Waals surface area contributed by atoms with Gasteiger partial charge >= 0.3 is 0 Å². The Balaban J connectivity index is 2.63. The van der Waals surface area contributed by atoms with Crippen LogP contribution in [0.3, 0.4) is 0 Å². The van der Waals surface area contributed by atoms with E-state index in [0.29, 0.717) is 0 Å². The van der Waals surface area contributed by atoms with Gasteiger partial charge in [-0.25, -0.2) is 9.97 Å². The van der Waals surface area contributed by atoms with Crippen LogP contribution < -0.4 is 0 Å². The molecule has 2 heteroatoms. The molecule has 0 aliphatic heterocycles. The highest BCUT2D eigenvalue weighted by molar-refractivity contribution is 5.27. The average molecular weight is 627 g/mol. The zero-order valence-corrected chi connectivity index (χ0v) is 31.6. The number of aromatic nitrogens is 2. The normalized spacial score (nSPS) is 11.6. The Kier molecular flexibility index (Phi) is 30.9. The third-order valence-corrected chi connectivity index (χ3v) is 10.0. The lowest BCUT2D eigenvalue weighted by atomic mass is 9.96. The van der Waals surface area contributed by atoms with Gasteiger partial charge in [0.15, 0.2) is 0 Å². The number of unbranched alkanes of at least 4 members (excludes halogenated alkanes) is 27. The molecule has 0 amide bonds. The van der Waals surface area contributed by atoms with E-state index in [0.717, 1.165) is 18.7 Å². The second kappa shape index (κ2) is 33.0. The zero-order chi connectivity index (χ0) is 32.5. The van der Waals surface area contributed by atoms with E-state index in [4.69, 9.17) is 9.97 Å². The maximum absolute atomic E-state index is 5.25. The Hall–Kier alpha value is -0.920. The lowest BCUT2D eigenvalue weighted by Gasteiger charge is -2.16. The summed E-state index contributed by atoms with van der Waals surface area (Å²) in [6, 6.07) is 0. The molecule has 2 nitrogen and oxygen atoms in total. The molecule has 0 N–H and O–H groups in total. The lowest BCUT2D eigenvalue weighted by Crippen LogP contribution is -2.11. The molecule has 0 radical (unpaired) electrons. The highest BCUT2D eigenvalue weighted by Gasteiger charge is 2.14. The summed E-state index contributed by atoms with van der Waals surface area (Å²) in [5.74, 6) is 1.13. The molecule has 1 aromatic heterocycles. The molecule has 0 aliphatic rings. The van der Waals surface area contributed by atoms with E-state index in [1.807, 2.05) is 0 Å². The van der Waals surface area contributed by atoms with E-state index < -0.39 is 0 Å². The van der Waals surface area contributed by atoms with Crippen LogP contribution in [0.1, 0.15) is 250 Å². The Morgan fingerprint density at radius 3 is 0.822 bits per heavy atom. The fourth-order valence-corrected chi connectivity index (χ4v) is 7.02. The zero-order valence-electron chi connectivity index (χ0n) is 31.6. The summed E-state index contributed by atoms with van der Waals surface area (Å²) in [6.07, 6.45) is 47.9. The molecule has 45 heavy (non-hydrogen) atoms. The van der Waals surface area contributed by atoms with Gasteiger partial charge in [0.05, 0.1) is 0 Å². The molecule has 0 saturated carbocycles. The summed E-state index contributed by atoms with van der Waals surface area (Å²) in [6.45, 7) is 9.22. The van der Waals surface area contributed by atoms with Crippen molar-refractivity contribution >= 4 is 0 Å². The first-order chi connectivity index (χ1) is 22.3. The van der Waals surface area contributed by atoms with Crippen LogP contribution in [-0.2, 0) is 25.7 Å². The van der Waals surface area contributed by atoms with Gasteiger partial charge in [-0.15, -0.1) is 0 Å². The van der Waals surface area contributed by atoms with Gasteiger partial charge in [0, 0.05) is 17.8 Å². The van der Waals surface area contributed by atoms with Gasteiger partial charge in [0.1, 0.15) is 5.82 Å². The second-order valence-electron chi connectivity index (χ2n) is 14.6. The van der Waals surface area contributed by atoms with Crippen LogP contribution in [0.2, 0.25) is 0 Å². The van der Waals surface area contributed by atoms with Crippen molar-refractivity contribution in [2.75, 3.05) is 0 Å². The summed E-state index contributed by atoms with van der Waals surface area (Å²) in [4.78, 5) is 10.5. The molecule has 1 rings (SSSR count). The summed E-state index contributed by atoms with van der Waals surface area (Å²) in [7, 11) is 0. The number of aryl methyl sites for hydroxylation is 3. The predicted octanol–water partition coefficient (Wildman–Crippen LogP) is 14.8. The molecule has 0 fully saturated rings. The second-order valence-corrected chi connectivity index (χ2v) is 14.6. The Bertz CT molecular complexity index is 696. The summed E-state index contributed by atoms with van der Waals surface area (Å²) in [5.41, 5.74) is 4.44. The topological polar surface area (TPSA) is 25.8 Å². The molecule has 0 saturated heterocycles. The average Bonchev–Trinajstić information content (AvgIpc) is 3.04. The summed E-state index contributed by atoms with van der Waals surface area (Å²) in [5, 5.41) is 0. The van der Waals surface area contributed by atoms with Gasteiger partial charge in [-0.2, -0.15) is 0 Å². The van der Waals surface area contributed by atoms with Gasteiger partial charge in [0.25, 0.3) is 0 Å². The molecule has 0 bridgehead atoms. The van der Waals surface area contributed by atoms with E-state index in [1.54, 1.807) is 5.56 Å². The molecule has 0 aromatic carbocycles. The van der Waals surface area contributed by atoms with Crippen LogP contribution in [0.4, 0.5) is 0 Å². The third-order valence-electron chi connectivity index (χ3n) is 10.0. The van der Waals surface area contributed by atoms with Crippen molar-refractivity contribution in [3.8, 4) is 0 Å². The van der Waals surface area contributed by atoms with Crippen LogP contribution in [0.25, 0.3) is 0 Å². The minimum absolute atomic E-state index is 1.04. The van der Waals surface area contributed by atoms with Crippen LogP contribution in [0.15, 0.2) is 0 Å². The first-order valence-corrected chi connectivity index (χ1v) is 21.1. The highest BCUT2D eigenvalue weighted by Crippen LogP contribution is 2.23. The standard InChI is InChI=1S/C43H82N2/c1-5-9-12-15-18-21-24-27-30-33-37-40-41(38-34-31-28-25-22-19-16-13-10-6-2)44-43(36-8-4)45-42(40)39-35-32-29-26-23-20-17-14-11-7-3/h5-39H2,1-4H3. The largest absolute Gasteiger partial charge is 0.238 e. The van der Waals surface area contributed by atoms with Crippen molar-refractivity contribution in [1.29, 1.82) is 0 Å². The molecular formula is C43H82N2. The fraction of sp³-hybridized carbons (Fsp3) is 0.907. The molecule has 1 aromatic rings. The SMILES string of the molecule is CCCCCCCCCCCCc1nc(CCC)nc(CCCCCCCCCCCC)c1CCCCCCCCCCCC. The number of nitrogens with zero attached hydrogens (tertiary/aromatic N) is 2. The van der Waals surface area contributed by atoms with E-state index in [1.165, 1.54) is 223 Å². The van der Waals surface area contributed by atoms with Crippen LogP contribution >= 0.6 is 0 Å². The minimum Gasteiger partial charge on any atom is -0.238 e. The first-order valence-electron chi connectivity index (χ1n) is 21.1. The van der Waals surface area contributed by atoms with Gasteiger partial charge in [-0.3, -0.25) is 0 Å². The Morgan fingerprint density at radius 2 is 0.533 bits per heavy atom. The van der Waals surface area contributed by atoms with Crippen LogP contribution in [-0.4, -0.2) is 9.97 Å². The molecule has 0 aliphatic carbocycles. The Labute approximate surface area is 284 Å². The van der Waals surface area contributed by atoms with Gasteiger partial charge in [-0.05, 0) is 50.5 Å². The lowest BCUT2D eigenvalue weighted by molar-refractivity contribution is 0.547. The summed E-state index contributed by atoms with van der Waals surface area (Å²) >= 11 is 0. The van der Waals surface area contributed by atoms with E-state index >= 15 is 0 Å². The van der Waals surface area contributed by atoms with Gasteiger partial charge < -0.3 is 0 Å². The van der Waals surface area contributed by atoms with Crippen molar-refractivity contribution in [3.63, 3.8) is 0 Å². The van der Waals surface area contributed by atoms with Crippen LogP contribution in [0, 0.1) is 0 Å². The van der Waals surface area contributed by atoms with Crippen molar-refractivity contribution < 1.29 is 0 Å². The molecule has 0 atom stereocenters. The van der Waals surface area contributed by atoms with Crippen molar-refractivity contribution in [1.82, 2.24) is 9.97 Å². The maximum atomic E-state index is 5.25.